The molecular weight excluding hydrogens is 420 g/mol. The van der Waals surface area contributed by atoms with Gasteiger partial charge in [-0.1, -0.05) is 24.6 Å². The van der Waals surface area contributed by atoms with Gasteiger partial charge in [-0.05, 0) is 40.4 Å². The molecule has 0 aliphatic carbocycles. The van der Waals surface area contributed by atoms with E-state index in [0.717, 1.165) is 19.3 Å². The fourth-order valence-corrected chi connectivity index (χ4v) is 5.21. The Morgan fingerprint density at radius 1 is 1.19 bits per heavy atom. The van der Waals surface area contributed by atoms with E-state index >= 15 is 0 Å². The molecule has 140 valence electrons. The molecule has 1 aromatic carbocycles. The van der Waals surface area contributed by atoms with Crippen LogP contribution >= 0.6 is 15.9 Å². The molecule has 0 saturated carbocycles. The summed E-state index contributed by atoms with van der Waals surface area (Å²) in [5.74, 6) is 0. The molecule has 1 N–H and O–H groups in total. The molecule has 1 saturated heterocycles. The zero-order chi connectivity index (χ0) is 18.7. The summed E-state index contributed by atoms with van der Waals surface area (Å²) in [7, 11) is -1.96. The predicted molar refractivity (Wildman–Crippen MR) is 104 cm³/mol. The quantitative estimate of drug-likeness (QED) is 0.770. The molecule has 2 heterocycles. The highest BCUT2D eigenvalue weighted by Crippen LogP contribution is 2.25. The number of hydrogen-bond acceptors (Lipinski definition) is 5. The molecule has 0 amide bonds. The Kier molecular flexibility index (Phi) is 5.79. The molecular formula is C17H21BrN4O3S. The third kappa shape index (κ3) is 3.84. The SMILES string of the molecule is Cn1ncc(NCc2ccccc2S(=O)(=O)N2CCCCC2)c(Br)c1=O. The summed E-state index contributed by atoms with van der Waals surface area (Å²) >= 11 is 3.26. The lowest BCUT2D eigenvalue weighted by atomic mass is 10.2. The lowest BCUT2D eigenvalue weighted by Gasteiger charge is -2.27. The van der Waals surface area contributed by atoms with E-state index in [-0.39, 0.29) is 12.1 Å². The van der Waals surface area contributed by atoms with Gasteiger partial charge in [-0.25, -0.2) is 13.1 Å². The van der Waals surface area contributed by atoms with Crippen LogP contribution in [0.5, 0.6) is 0 Å². The number of halogens is 1. The second-order valence-electron chi connectivity index (χ2n) is 6.23. The van der Waals surface area contributed by atoms with E-state index in [2.05, 4.69) is 26.3 Å². The third-order valence-electron chi connectivity index (χ3n) is 4.45. The predicted octanol–water partition coefficient (Wildman–Crippen LogP) is 2.33. The van der Waals surface area contributed by atoms with Gasteiger partial charge in [-0.3, -0.25) is 4.79 Å². The highest BCUT2D eigenvalue weighted by Gasteiger charge is 2.27. The Hall–Kier alpha value is -1.71. The smallest absolute Gasteiger partial charge is 0.282 e. The fraction of sp³-hybridized carbons (Fsp3) is 0.412. The van der Waals surface area contributed by atoms with E-state index < -0.39 is 10.0 Å². The topological polar surface area (TPSA) is 84.3 Å². The molecule has 0 radical (unpaired) electrons. The minimum atomic E-state index is -3.52. The number of aromatic nitrogens is 2. The van der Waals surface area contributed by atoms with Crippen molar-refractivity contribution in [3.05, 3.63) is 50.9 Å². The number of piperidine rings is 1. The number of benzene rings is 1. The number of anilines is 1. The van der Waals surface area contributed by atoms with Crippen LogP contribution in [0.4, 0.5) is 5.69 Å². The van der Waals surface area contributed by atoms with Crippen LogP contribution in [-0.2, 0) is 23.6 Å². The minimum absolute atomic E-state index is 0.260. The molecule has 0 atom stereocenters. The first-order chi connectivity index (χ1) is 12.4. The van der Waals surface area contributed by atoms with Gasteiger partial charge in [0.1, 0.15) is 4.47 Å². The van der Waals surface area contributed by atoms with Gasteiger partial charge in [-0.2, -0.15) is 9.40 Å². The monoisotopic (exact) mass is 440 g/mol. The van der Waals surface area contributed by atoms with Gasteiger partial charge in [0.05, 0.1) is 16.8 Å². The zero-order valence-electron chi connectivity index (χ0n) is 14.5. The van der Waals surface area contributed by atoms with Crippen LogP contribution in [0, 0.1) is 0 Å². The van der Waals surface area contributed by atoms with Gasteiger partial charge in [0.15, 0.2) is 0 Å². The fourth-order valence-electron chi connectivity index (χ4n) is 2.97. The molecule has 2 aromatic rings. The first kappa shape index (κ1) is 19.1. The number of rotatable bonds is 5. The number of aryl methyl sites for hydroxylation is 1. The number of nitrogens with zero attached hydrogens (tertiary/aromatic N) is 3. The lowest BCUT2D eigenvalue weighted by molar-refractivity contribution is 0.346. The van der Waals surface area contributed by atoms with Gasteiger partial charge >= 0.3 is 0 Å². The highest BCUT2D eigenvalue weighted by atomic mass is 79.9. The van der Waals surface area contributed by atoms with Crippen LogP contribution in [-0.4, -0.2) is 35.6 Å². The van der Waals surface area contributed by atoms with Gasteiger partial charge in [0, 0.05) is 26.7 Å². The molecule has 1 aromatic heterocycles. The maximum absolute atomic E-state index is 13.0. The molecule has 3 rings (SSSR count). The van der Waals surface area contributed by atoms with E-state index in [0.29, 0.717) is 33.7 Å². The van der Waals surface area contributed by atoms with E-state index in [1.54, 1.807) is 29.6 Å². The molecule has 0 unspecified atom stereocenters. The van der Waals surface area contributed by atoms with Crippen LogP contribution in [0.3, 0.4) is 0 Å². The zero-order valence-corrected chi connectivity index (χ0v) is 16.9. The first-order valence-electron chi connectivity index (χ1n) is 8.45. The van der Waals surface area contributed by atoms with Crippen molar-refractivity contribution in [2.75, 3.05) is 18.4 Å². The van der Waals surface area contributed by atoms with Crippen molar-refractivity contribution in [3.63, 3.8) is 0 Å². The Morgan fingerprint density at radius 2 is 1.88 bits per heavy atom. The van der Waals surface area contributed by atoms with Crippen molar-refractivity contribution >= 4 is 31.6 Å². The summed E-state index contributed by atoms with van der Waals surface area (Å²) in [6, 6.07) is 6.96. The van der Waals surface area contributed by atoms with Crippen LogP contribution in [0.2, 0.25) is 0 Å². The second-order valence-corrected chi connectivity index (χ2v) is 8.93. The molecule has 0 bridgehead atoms. The normalized spacial score (nSPS) is 15.8. The minimum Gasteiger partial charge on any atom is -0.379 e. The van der Waals surface area contributed by atoms with E-state index in [1.807, 2.05) is 6.07 Å². The Labute approximate surface area is 161 Å². The van der Waals surface area contributed by atoms with Gasteiger partial charge < -0.3 is 5.32 Å². The van der Waals surface area contributed by atoms with Crippen molar-refractivity contribution in [3.8, 4) is 0 Å². The Balaban J connectivity index is 1.86. The lowest BCUT2D eigenvalue weighted by Crippen LogP contribution is -2.36. The van der Waals surface area contributed by atoms with Crippen LogP contribution < -0.4 is 10.9 Å². The molecule has 1 fully saturated rings. The maximum Gasteiger partial charge on any atom is 0.282 e. The molecule has 7 nitrogen and oxygen atoms in total. The van der Waals surface area contributed by atoms with Gasteiger partial charge in [0.2, 0.25) is 10.0 Å². The second kappa shape index (κ2) is 7.89. The number of sulfonamides is 1. The first-order valence-corrected chi connectivity index (χ1v) is 10.7. The van der Waals surface area contributed by atoms with Crippen LogP contribution in [0.25, 0.3) is 0 Å². The van der Waals surface area contributed by atoms with Crippen molar-refractivity contribution in [1.29, 1.82) is 0 Å². The molecule has 26 heavy (non-hydrogen) atoms. The summed E-state index contributed by atoms with van der Waals surface area (Å²) in [6.07, 6.45) is 4.39. The Bertz CT molecular complexity index is 953. The van der Waals surface area contributed by atoms with E-state index in [1.165, 1.54) is 10.9 Å². The highest BCUT2D eigenvalue weighted by molar-refractivity contribution is 9.10. The van der Waals surface area contributed by atoms with Crippen molar-refractivity contribution in [2.45, 2.75) is 30.7 Å². The third-order valence-corrected chi connectivity index (χ3v) is 7.22. The van der Waals surface area contributed by atoms with Crippen molar-refractivity contribution in [2.24, 2.45) is 7.05 Å². The van der Waals surface area contributed by atoms with Crippen molar-refractivity contribution < 1.29 is 8.42 Å². The van der Waals surface area contributed by atoms with E-state index in [9.17, 15) is 13.2 Å². The molecule has 1 aliphatic rings. The molecule has 9 heteroatoms. The average molecular weight is 441 g/mol. The van der Waals surface area contributed by atoms with Gasteiger partial charge in [0.25, 0.3) is 5.56 Å². The van der Waals surface area contributed by atoms with Crippen LogP contribution in [0.15, 0.2) is 44.6 Å². The standard InChI is InChI=1S/C17H21BrN4O3S/c1-21-17(23)16(18)14(12-20-21)19-11-13-7-3-4-8-15(13)26(24,25)22-9-5-2-6-10-22/h3-4,7-8,12,19H,2,5-6,9-11H2,1H3. The number of hydrogen-bond donors (Lipinski definition) is 1. The summed E-state index contributed by atoms with van der Waals surface area (Å²) < 4.78 is 29.2. The summed E-state index contributed by atoms with van der Waals surface area (Å²) in [6.45, 7) is 1.40. The average Bonchev–Trinajstić information content (AvgIpc) is 2.66. The summed E-state index contributed by atoms with van der Waals surface area (Å²) in [4.78, 5) is 12.3. The largest absolute Gasteiger partial charge is 0.379 e. The molecule has 0 spiro atoms. The number of nitrogens with one attached hydrogen (secondary N) is 1. The van der Waals surface area contributed by atoms with Crippen LogP contribution in [0.1, 0.15) is 24.8 Å². The van der Waals surface area contributed by atoms with E-state index in [4.69, 9.17) is 0 Å². The maximum atomic E-state index is 13.0. The summed E-state index contributed by atoms with van der Waals surface area (Å²) in [5, 5.41) is 7.09. The van der Waals surface area contributed by atoms with Crippen molar-refractivity contribution in [1.82, 2.24) is 14.1 Å². The molecule has 1 aliphatic heterocycles. The van der Waals surface area contributed by atoms with Gasteiger partial charge in [-0.15, -0.1) is 0 Å². The Morgan fingerprint density at radius 3 is 2.62 bits per heavy atom. The summed E-state index contributed by atoms with van der Waals surface area (Å²) in [5.41, 5.74) is 0.924.